The van der Waals surface area contributed by atoms with Gasteiger partial charge in [-0.3, -0.25) is 0 Å². The predicted octanol–water partition coefficient (Wildman–Crippen LogP) is 3.53. The van der Waals surface area contributed by atoms with Crippen molar-refractivity contribution in [1.82, 2.24) is 10.1 Å². The minimum Gasteiger partial charge on any atom is -0.493 e. The van der Waals surface area contributed by atoms with Crippen LogP contribution in [-0.4, -0.2) is 23.5 Å². The van der Waals surface area contributed by atoms with Crippen molar-refractivity contribution in [3.05, 3.63) is 42.5 Å². The van der Waals surface area contributed by atoms with Crippen LogP contribution in [0, 0.1) is 0 Å². The molecule has 1 aromatic heterocycles. The summed E-state index contributed by atoms with van der Waals surface area (Å²) in [4.78, 5) is 4.46. The molecule has 0 N–H and O–H groups in total. The Morgan fingerprint density at radius 1 is 1.09 bits per heavy atom. The molecule has 0 amide bonds. The van der Waals surface area contributed by atoms with Gasteiger partial charge >= 0.3 is 0 Å². The number of benzene rings is 2. The smallest absolute Gasteiger partial charge is 0.262 e. The molecule has 0 saturated carbocycles. The van der Waals surface area contributed by atoms with E-state index in [0.717, 1.165) is 22.6 Å². The van der Waals surface area contributed by atoms with Crippen LogP contribution >= 0.6 is 0 Å². The summed E-state index contributed by atoms with van der Waals surface area (Å²) in [6, 6.07) is 13.1. The lowest BCUT2D eigenvalue weighted by Gasteiger charge is -2.05. The molecule has 3 aromatic rings. The van der Waals surface area contributed by atoms with Gasteiger partial charge in [-0.1, -0.05) is 17.3 Å². The first-order chi connectivity index (χ1) is 11.3. The van der Waals surface area contributed by atoms with Crippen LogP contribution in [0.25, 0.3) is 22.8 Å². The number of fused-ring (bicyclic) bond motifs is 1. The Morgan fingerprint density at radius 2 is 1.96 bits per heavy atom. The molecule has 0 bridgehead atoms. The maximum Gasteiger partial charge on any atom is 0.262 e. The SMILES string of the molecule is CCOc1ccccc1-c1nc(-c2ccc3c(c2)OCO3)no1. The quantitative estimate of drug-likeness (QED) is 0.734. The maximum absolute atomic E-state index is 5.60. The zero-order valence-electron chi connectivity index (χ0n) is 12.5. The van der Waals surface area contributed by atoms with Crippen LogP contribution < -0.4 is 14.2 Å². The average molecular weight is 310 g/mol. The molecule has 0 saturated heterocycles. The highest BCUT2D eigenvalue weighted by atomic mass is 16.7. The van der Waals surface area contributed by atoms with E-state index in [1.165, 1.54) is 0 Å². The third-order valence-corrected chi connectivity index (χ3v) is 3.47. The van der Waals surface area contributed by atoms with Crippen LogP contribution in [-0.2, 0) is 0 Å². The van der Waals surface area contributed by atoms with Gasteiger partial charge in [-0.05, 0) is 37.3 Å². The Balaban J connectivity index is 1.70. The van der Waals surface area contributed by atoms with Gasteiger partial charge in [-0.25, -0.2) is 0 Å². The Bertz CT molecular complexity index is 844. The van der Waals surface area contributed by atoms with E-state index in [9.17, 15) is 0 Å². The fourth-order valence-electron chi connectivity index (χ4n) is 2.41. The van der Waals surface area contributed by atoms with Crippen LogP contribution in [0.15, 0.2) is 47.0 Å². The number of nitrogens with zero attached hydrogens (tertiary/aromatic N) is 2. The first kappa shape index (κ1) is 13.6. The van der Waals surface area contributed by atoms with E-state index < -0.39 is 0 Å². The molecule has 0 fully saturated rings. The topological polar surface area (TPSA) is 66.6 Å². The fourth-order valence-corrected chi connectivity index (χ4v) is 2.41. The van der Waals surface area contributed by atoms with E-state index in [2.05, 4.69) is 10.1 Å². The van der Waals surface area contributed by atoms with E-state index in [4.69, 9.17) is 18.7 Å². The highest BCUT2D eigenvalue weighted by Crippen LogP contribution is 2.36. The van der Waals surface area contributed by atoms with E-state index in [1.54, 1.807) is 0 Å². The summed E-state index contributed by atoms with van der Waals surface area (Å²) in [5.74, 6) is 3.03. The summed E-state index contributed by atoms with van der Waals surface area (Å²) >= 11 is 0. The molecule has 0 spiro atoms. The van der Waals surface area contributed by atoms with E-state index >= 15 is 0 Å². The average Bonchev–Trinajstić information content (AvgIpc) is 3.24. The van der Waals surface area contributed by atoms with E-state index in [-0.39, 0.29) is 6.79 Å². The van der Waals surface area contributed by atoms with E-state index in [1.807, 2.05) is 49.4 Å². The van der Waals surface area contributed by atoms with Crippen molar-refractivity contribution in [3.8, 4) is 40.1 Å². The van der Waals surface area contributed by atoms with Gasteiger partial charge < -0.3 is 18.7 Å². The maximum atomic E-state index is 5.60. The third kappa shape index (κ3) is 2.48. The van der Waals surface area contributed by atoms with Crippen LogP contribution in [0.2, 0.25) is 0 Å². The summed E-state index contributed by atoms with van der Waals surface area (Å²) in [6.07, 6.45) is 0. The number of hydrogen-bond donors (Lipinski definition) is 0. The molecular weight excluding hydrogens is 296 g/mol. The van der Waals surface area contributed by atoms with Gasteiger partial charge in [0.15, 0.2) is 11.5 Å². The first-order valence-corrected chi connectivity index (χ1v) is 7.31. The molecule has 2 heterocycles. The molecule has 0 aliphatic carbocycles. The molecule has 1 aliphatic rings. The van der Waals surface area contributed by atoms with Crippen molar-refractivity contribution in [3.63, 3.8) is 0 Å². The highest BCUT2D eigenvalue weighted by Gasteiger charge is 2.18. The fraction of sp³-hybridized carbons (Fsp3) is 0.176. The monoisotopic (exact) mass is 310 g/mol. The molecule has 2 aromatic carbocycles. The second-order valence-corrected chi connectivity index (χ2v) is 4.92. The van der Waals surface area contributed by atoms with Crippen molar-refractivity contribution in [2.75, 3.05) is 13.4 Å². The molecule has 4 rings (SSSR count). The molecule has 0 unspecified atom stereocenters. The molecule has 0 atom stereocenters. The zero-order chi connectivity index (χ0) is 15.6. The lowest BCUT2D eigenvalue weighted by Crippen LogP contribution is -1.93. The Kier molecular flexibility index (Phi) is 3.34. The predicted molar refractivity (Wildman–Crippen MR) is 82.5 cm³/mol. The van der Waals surface area contributed by atoms with Crippen molar-refractivity contribution in [2.24, 2.45) is 0 Å². The van der Waals surface area contributed by atoms with Gasteiger partial charge in [0, 0.05) is 5.56 Å². The Morgan fingerprint density at radius 3 is 2.87 bits per heavy atom. The van der Waals surface area contributed by atoms with Crippen molar-refractivity contribution in [2.45, 2.75) is 6.92 Å². The summed E-state index contributed by atoms with van der Waals surface area (Å²) in [5, 5.41) is 4.05. The summed E-state index contributed by atoms with van der Waals surface area (Å²) in [7, 11) is 0. The summed E-state index contributed by atoms with van der Waals surface area (Å²) in [5.41, 5.74) is 1.58. The van der Waals surface area contributed by atoms with E-state index in [0.29, 0.717) is 24.1 Å². The second kappa shape index (κ2) is 5.64. The van der Waals surface area contributed by atoms with Gasteiger partial charge in [-0.15, -0.1) is 0 Å². The number of ether oxygens (including phenoxy) is 3. The Labute approximate surface area is 132 Å². The van der Waals surface area contributed by atoms with Gasteiger partial charge in [0.2, 0.25) is 12.6 Å². The van der Waals surface area contributed by atoms with Crippen LogP contribution in [0.5, 0.6) is 17.2 Å². The van der Waals surface area contributed by atoms with Gasteiger partial charge in [-0.2, -0.15) is 4.98 Å². The Hall–Kier alpha value is -3.02. The van der Waals surface area contributed by atoms with Crippen molar-refractivity contribution in [1.29, 1.82) is 0 Å². The number of rotatable bonds is 4. The number of hydrogen-bond acceptors (Lipinski definition) is 6. The molecule has 6 heteroatoms. The minimum absolute atomic E-state index is 0.234. The number of para-hydroxylation sites is 1. The lowest BCUT2D eigenvalue weighted by atomic mass is 10.2. The van der Waals surface area contributed by atoms with Crippen molar-refractivity contribution < 1.29 is 18.7 Å². The molecule has 0 radical (unpaired) electrons. The molecule has 23 heavy (non-hydrogen) atoms. The van der Waals surface area contributed by atoms with Gasteiger partial charge in [0.25, 0.3) is 5.89 Å². The first-order valence-electron chi connectivity index (χ1n) is 7.31. The van der Waals surface area contributed by atoms with Crippen molar-refractivity contribution >= 4 is 0 Å². The molecule has 6 nitrogen and oxygen atoms in total. The normalized spacial score (nSPS) is 12.4. The molecule has 1 aliphatic heterocycles. The van der Waals surface area contributed by atoms with Gasteiger partial charge in [0.1, 0.15) is 5.75 Å². The highest BCUT2D eigenvalue weighted by molar-refractivity contribution is 5.66. The van der Waals surface area contributed by atoms with Crippen LogP contribution in [0.1, 0.15) is 6.92 Å². The lowest BCUT2D eigenvalue weighted by molar-refractivity contribution is 0.174. The third-order valence-electron chi connectivity index (χ3n) is 3.47. The summed E-state index contributed by atoms with van der Waals surface area (Å²) < 4.78 is 21.7. The minimum atomic E-state index is 0.234. The molecule has 116 valence electrons. The number of aromatic nitrogens is 2. The molecular formula is C17H14N2O4. The largest absolute Gasteiger partial charge is 0.493 e. The van der Waals surface area contributed by atoms with Crippen LogP contribution in [0.3, 0.4) is 0 Å². The van der Waals surface area contributed by atoms with Crippen LogP contribution in [0.4, 0.5) is 0 Å². The zero-order valence-corrected chi connectivity index (χ0v) is 12.5. The second-order valence-electron chi connectivity index (χ2n) is 4.92. The van der Waals surface area contributed by atoms with Gasteiger partial charge in [0.05, 0.1) is 12.2 Å². The standard InChI is InChI=1S/C17H14N2O4/c1-2-20-13-6-4-3-5-12(13)17-18-16(19-23-17)11-7-8-14-15(9-11)22-10-21-14/h3-9H,2,10H2,1H3. The summed E-state index contributed by atoms with van der Waals surface area (Å²) in [6.45, 7) is 2.74.